The smallest absolute Gasteiger partial charge is 0.127 e. The van der Waals surface area contributed by atoms with Crippen molar-refractivity contribution in [1.29, 1.82) is 0 Å². The highest BCUT2D eigenvalue weighted by atomic mass is 16.5. The Morgan fingerprint density at radius 1 is 0.792 bits per heavy atom. The minimum absolute atomic E-state index is 0.776. The van der Waals surface area contributed by atoms with Crippen molar-refractivity contribution in [3.8, 4) is 11.5 Å². The number of rotatable bonds is 15. The molecule has 3 nitrogen and oxygen atoms in total. The summed E-state index contributed by atoms with van der Waals surface area (Å²) in [6, 6.07) is 6.26. The Kier molecular flexibility index (Phi) is 12.3. The third kappa shape index (κ3) is 9.17. The molecule has 0 atom stereocenters. The van der Waals surface area contributed by atoms with Gasteiger partial charge in [0.05, 0.1) is 13.2 Å². The van der Waals surface area contributed by atoms with E-state index in [2.05, 4.69) is 44.3 Å². The summed E-state index contributed by atoms with van der Waals surface area (Å²) in [5, 5.41) is 3.54. The van der Waals surface area contributed by atoms with Gasteiger partial charge < -0.3 is 14.8 Å². The minimum Gasteiger partial charge on any atom is -0.493 e. The molecule has 0 amide bonds. The van der Waals surface area contributed by atoms with E-state index in [-0.39, 0.29) is 0 Å². The maximum absolute atomic E-state index is 6.00. The normalized spacial score (nSPS) is 10.8. The summed E-state index contributed by atoms with van der Waals surface area (Å²) in [4.78, 5) is 0. The topological polar surface area (TPSA) is 30.5 Å². The first kappa shape index (κ1) is 20.8. The minimum atomic E-state index is 0.776. The van der Waals surface area contributed by atoms with E-state index >= 15 is 0 Å². The van der Waals surface area contributed by atoms with Gasteiger partial charge >= 0.3 is 0 Å². The molecule has 0 fully saturated rings. The highest BCUT2D eigenvalue weighted by molar-refractivity contribution is 5.40. The van der Waals surface area contributed by atoms with Crippen molar-refractivity contribution in [2.45, 2.75) is 78.7 Å². The van der Waals surface area contributed by atoms with E-state index in [0.29, 0.717) is 0 Å². The number of nitrogens with one attached hydrogen (secondary N) is 1. The molecule has 0 unspecified atom stereocenters. The van der Waals surface area contributed by atoms with Gasteiger partial charge in [-0.15, -0.1) is 0 Å². The molecule has 0 aromatic heterocycles. The van der Waals surface area contributed by atoms with E-state index in [1.54, 1.807) is 0 Å². The summed E-state index contributed by atoms with van der Waals surface area (Å²) in [6.07, 6.45) is 9.66. The Labute approximate surface area is 149 Å². The Balaban J connectivity index is 2.52. The van der Waals surface area contributed by atoms with Crippen LogP contribution in [0.2, 0.25) is 0 Å². The van der Waals surface area contributed by atoms with Gasteiger partial charge in [-0.25, -0.2) is 0 Å². The number of unbranched alkanes of at least 4 members (excludes halogenated alkanes) is 5. The molecule has 0 aliphatic heterocycles. The van der Waals surface area contributed by atoms with Crippen LogP contribution < -0.4 is 14.8 Å². The van der Waals surface area contributed by atoms with E-state index in [1.165, 1.54) is 31.2 Å². The second kappa shape index (κ2) is 14.2. The molecule has 0 saturated heterocycles. The predicted octanol–water partition coefficient (Wildman–Crippen LogP) is 5.71. The third-order valence-electron chi connectivity index (χ3n) is 4.08. The number of ether oxygens (including phenoxy) is 2. The monoisotopic (exact) mass is 335 g/mol. The van der Waals surface area contributed by atoms with E-state index in [9.17, 15) is 0 Å². The van der Waals surface area contributed by atoms with E-state index in [0.717, 1.165) is 63.5 Å². The zero-order valence-corrected chi connectivity index (χ0v) is 16.0. The summed E-state index contributed by atoms with van der Waals surface area (Å²) >= 11 is 0. The Morgan fingerprint density at radius 2 is 1.50 bits per heavy atom. The summed E-state index contributed by atoms with van der Waals surface area (Å²) in [5.41, 5.74) is 1.23. The van der Waals surface area contributed by atoms with Gasteiger partial charge in [-0.3, -0.25) is 0 Å². The molecule has 0 spiro atoms. The van der Waals surface area contributed by atoms with Gasteiger partial charge in [0, 0.05) is 18.2 Å². The van der Waals surface area contributed by atoms with Crippen molar-refractivity contribution in [3.05, 3.63) is 23.8 Å². The molecule has 0 radical (unpaired) electrons. The number of hydrogen-bond acceptors (Lipinski definition) is 3. The molecule has 1 rings (SSSR count). The van der Waals surface area contributed by atoms with E-state index < -0.39 is 0 Å². The van der Waals surface area contributed by atoms with E-state index in [4.69, 9.17) is 9.47 Å². The maximum atomic E-state index is 6.00. The molecular formula is C21H37NO2. The summed E-state index contributed by atoms with van der Waals surface area (Å²) in [5.74, 6) is 1.89. The molecule has 0 bridgehead atoms. The zero-order valence-electron chi connectivity index (χ0n) is 16.0. The average Bonchev–Trinajstić information content (AvgIpc) is 2.60. The first-order valence-electron chi connectivity index (χ1n) is 9.91. The highest BCUT2D eigenvalue weighted by Gasteiger charge is 2.06. The Bertz CT molecular complexity index is 420. The Hall–Kier alpha value is -1.22. The average molecular weight is 336 g/mol. The fourth-order valence-electron chi connectivity index (χ4n) is 2.47. The van der Waals surface area contributed by atoms with Gasteiger partial charge in [-0.2, -0.15) is 0 Å². The van der Waals surface area contributed by atoms with Gasteiger partial charge in [0.15, 0.2) is 0 Å². The lowest BCUT2D eigenvalue weighted by molar-refractivity contribution is 0.291. The van der Waals surface area contributed by atoms with Gasteiger partial charge in [-0.05, 0) is 31.9 Å². The quantitative estimate of drug-likeness (QED) is 0.416. The second-order valence-corrected chi connectivity index (χ2v) is 6.41. The van der Waals surface area contributed by atoms with Crippen molar-refractivity contribution >= 4 is 0 Å². The van der Waals surface area contributed by atoms with Crippen LogP contribution in [0.5, 0.6) is 11.5 Å². The molecule has 3 heteroatoms. The van der Waals surface area contributed by atoms with Crippen LogP contribution >= 0.6 is 0 Å². The molecule has 0 aliphatic carbocycles. The van der Waals surface area contributed by atoms with Gasteiger partial charge in [0.2, 0.25) is 0 Å². The molecule has 0 saturated carbocycles. The summed E-state index contributed by atoms with van der Waals surface area (Å²) in [7, 11) is 0. The van der Waals surface area contributed by atoms with Crippen molar-refractivity contribution < 1.29 is 9.47 Å². The van der Waals surface area contributed by atoms with Crippen LogP contribution in [0.4, 0.5) is 0 Å². The number of benzene rings is 1. The third-order valence-corrected chi connectivity index (χ3v) is 4.08. The molecule has 0 aliphatic rings. The fraction of sp³-hybridized carbons (Fsp3) is 0.714. The van der Waals surface area contributed by atoms with Crippen molar-refractivity contribution in [3.63, 3.8) is 0 Å². The standard InChI is InChI=1S/C21H37NO2/c1-4-7-10-11-14-22-18-19-12-13-20(23-15-8-5-2)17-21(19)24-16-9-6-3/h12-13,17,22H,4-11,14-16,18H2,1-3H3. The van der Waals surface area contributed by atoms with Crippen molar-refractivity contribution in [1.82, 2.24) is 5.32 Å². The second-order valence-electron chi connectivity index (χ2n) is 6.41. The zero-order chi connectivity index (χ0) is 17.5. The first-order valence-corrected chi connectivity index (χ1v) is 9.91. The lowest BCUT2D eigenvalue weighted by atomic mass is 10.1. The number of hydrogen-bond donors (Lipinski definition) is 1. The first-order chi connectivity index (χ1) is 11.8. The SMILES string of the molecule is CCCCCCNCc1ccc(OCCCC)cc1OCCCC. The summed E-state index contributed by atoms with van der Waals surface area (Å²) in [6.45, 7) is 10.1. The molecular weight excluding hydrogens is 298 g/mol. The van der Waals surface area contributed by atoms with Crippen LogP contribution in [0.3, 0.4) is 0 Å². The molecule has 1 aromatic rings. The Morgan fingerprint density at radius 3 is 2.21 bits per heavy atom. The van der Waals surface area contributed by atoms with Crippen LogP contribution in [-0.4, -0.2) is 19.8 Å². The van der Waals surface area contributed by atoms with Crippen LogP contribution in [0, 0.1) is 0 Å². The lowest BCUT2D eigenvalue weighted by Crippen LogP contribution is -2.15. The molecule has 1 aromatic carbocycles. The molecule has 0 heterocycles. The fourth-order valence-corrected chi connectivity index (χ4v) is 2.47. The largest absolute Gasteiger partial charge is 0.493 e. The van der Waals surface area contributed by atoms with Gasteiger partial charge in [-0.1, -0.05) is 58.9 Å². The maximum Gasteiger partial charge on any atom is 0.127 e. The lowest BCUT2D eigenvalue weighted by Gasteiger charge is -2.14. The molecule has 1 N–H and O–H groups in total. The van der Waals surface area contributed by atoms with Crippen molar-refractivity contribution in [2.24, 2.45) is 0 Å². The highest BCUT2D eigenvalue weighted by Crippen LogP contribution is 2.25. The molecule has 24 heavy (non-hydrogen) atoms. The van der Waals surface area contributed by atoms with Gasteiger partial charge in [0.25, 0.3) is 0 Å². The van der Waals surface area contributed by atoms with Crippen LogP contribution in [0.25, 0.3) is 0 Å². The van der Waals surface area contributed by atoms with Crippen molar-refractivity contribution in [2.75, 3.05) is 19.8 Å². The molecule has 138 valence electrons. The van der Waals surface area contributed by atoms with Crippen LogP contribution in [0.15, 0.2) is 18.2 Å². The summed E-state index contributed by atoms with van der Waals surface area (Å²) < 4.78 is 11.8. The van der Waals surface area contributed by atoms with Crippen LogP contribution in [0.1, 0.15) is 77.7 Å². The van der Waals surface area contributed by atoms with Gasteiger partial charge in [0.1, 0.15) is 11.5 Å². The van der Waals surface area contributed by atoms with E-state index in [1.807, 2.05) is 0 Å². The van der Waals surface area contributed by atoms with Crippen LogP contribution in [-0.2, 0) is 6.54 Å². The predicted molar refractivity (Wildman–Crippen MR) is 103 cm³/mol.